The van der Waals surface area contributed by atoms with Gasteiger partial charge in [0.15, 0.2) is 5.78 Å². The number of hydrogen-bond acceptors (Lipinski definition) is 6. The van der Waals surface area contributed by atoms with Gasteiger partial charge in [-0.3, -0.25) is 4.79 Å². The maximum Gasteiger partial charge on any atom is 0.406 e. The minimum absolute atomic E-state index is 0.0378. The lowest BCUT2D eigenvalue weighted by Gasteiger charge is -2.12. The highest BCUT2D eigenvalue weighted by atomic mass is 32.2. The molecule has 0 radical (unpaired) electrons. The first kappa shape index (κ1) is 21.0. The molecule has 2 aromatic heterocycles. The molecule has 0 aliphatic heterocycles. The van der Waals surface area contributed by atoms with Gasteiger partial charge >= 0.3 is 6.18 Å². The number of alkyl halides is 3. The summed E-state index contributed by atoms with van der Waals surface area (Å²) < 4.78 is 50.1. The Morgan fingerprint density at radius 1 is 1.24 bits per heavy atom. The number of nitrogens with zero attached hydrogens (tertiary/aromatic N) is 3. The Morgan fingerprint density at radius 2 is 1.97 bits per heavy atom. The van der Waals surface area contributed by atoms with Gasteiger partial charge in [-0.1, -0.05) is 23.9 Å². The van der Waals surface area contributed by atoms with Crippen LogP contribution in [0, 0.1) is 13.8 Å². The van der Waals surface area contributed by atoms with E-state index in [2.05, 4.69) is 10.2 Å². The first-order valence-corrected chi connectivity index (χ1v) is 9.54. The molecule has 0 saturated carbocycles. The van der Waals surface area contributed by atoms with Crippen molar-refractivity contribution in [3.63, 3.8) is 0 Å². The number of aryl methyl sites for hydroxylation is 1. The van der Waals surface area contributed by atoms with Gasteiger partial charge in [0.2, 0.25) is 0 Å². The fraction of sp³-hybridized carbons (Fsp3) is 0.316. The van der Waals surface area contributed by atoms with Crippen LogP contribution in [0.4, 0.5) is 13.2 Å². The van der Waals surface area contributed by atoms with Gasteiger partial charge in [0.25, 0.3) is 11.1 Å². The van der Waals surface area contributed by atoms with Gasteiger partial charge in [0, 0.05) is 17.0 Å². The van der Waals surface area contributed by atoms with Crippen LogP contribution in [0.1, 0.15) is 21.7 Å². The zero-order valence-electron chi connectivity index (χ0n) is 15.9. The minimum atomic E-state index is -4.36. The number of rotatable bonds is 7. The van der Waals surface area contributed by atoms with Crippen LogP contribution in [0.2, 0.25) is 0 Å². The molecule has 3 rings (SSSR count). The standard InChI is InChI=1S/C19H18F3N3O3S/c1-11-8-14(12(2)25(11)10-19(20,21)22)15(26)9-29-18-24-23-17(28-18)13-6-4-5-7-16(13)27-3/h4-8H,9-10H2,1-3H3. The zero-order valence-corrected chi connectivity index (χ0v) is 16.7. The van der Waals surface area contributed by atoms with Crippen molar-refractivity contribution in [3.8, 4) is 17.2 Å². The Labute approximate surface area is 169 Å². The van der Waals surface area contributed by atoms with Crippen molar-refractivity contribution in [1.82, 2.24) is 14.8 Å². The number of methoxy groups -OCH3 is 1. The number of aromatic nitrogens is 3. The largest absolute Gasteiger partial charge is 0.496 e. The first-order chi connectivity index (χ1) is 13.7. The number of ketones is 1. The summed E-state index contributed by atoms with van der Waals surface area (Å²) in [7, 11) is 1.53. The molecule has 0 amide bonds. The van der Waals surface area contributed by atoms with E-state index in [1.165, 1.54) is 20.1 Å². The fourth-order valence-corrected chi connectivity index (χ4v) is 3.56. The van der Waals surface area contributed by atoms with Crippen molar-refractivity contribution in [3.05, 3.63) is 47.3 Å². The van der Waals surface area contributed by atoms with Gasteiger partial charge in [0.05, 0.1) is 18.4 Å². The molecule has 29 heavy (non-hydrogen) atoms. The third-order valence-electron chi connectivity index (χ3n) is 4.28. The summed E-state index contributed by atoms with van der Waals surface area (Å²) >= 11 is 1.03. The summed E-state index contributed by atoms with van der Waals surface area (Å²) in [6, 6.07) is 8.60. The maximum atomic E-state index is 12.7. The molecule has 154 valence electrons. The average Bonchev–Trinajstić information content (AvgIpc) is 3.25. The number of carbonyl (C=O) groups excluding carboxylic acids is 1. The van der Waals surface area contributed by atoms with Gasteiger partial charge in [0.1, 0.15) is 12.3 Å². The molecule has 1 aromatic carbocycles. The quantitative estimate of drug-likeness (QED) is 0.404. The third kappa shape index (κ3) is 4.81. The summed E-state index contributed by atoms with van der Waals surface area (Å²) in [5.74, 6) is 0.472. The minimum Gasteiger partial charge on any atom is -0.496 e. The van der Waals surface area contributed by atoms with Crippen molar-refractivity contribution in [2.24, 2.45) is 0 Å². The Balaban J connectivity index is 1.71. The molecular weight excluding hydrogens is 407 g/mol. The van der Waals surface area contributed by atoms with E-state index in [4.69, 9.17) is 9.15 Å². The summed E-state index contributed by atoms with van der Waals surface area (Å²) in [4.78, 5) is 12.5. The lowest BCUT2D eigenvalue weighted by atomic mass is 10.2. The molecule has 0 spiro atoms. The molecule has 0 fully saturated rings. The van der Waals surface area contributed by atoms with E-state index in [-0.39, 0.29) is 33.9 Å². The Hall–Kier alpha value is -2.75. The van der Waals surface area contributed by atoms with Crippen LogP contribution in [-0.4, -0.2) is 39.6 Å². The van der Waals surface area contributed by atoms with Gasteiger partial charge in [-0.15, -0.1) is 10.2 Å². The van der Waals surface area contributed by atoms with Crippen LogP contribution in [0.25, 0.3) is 11.5 Å². The van der Waals surface area contributed by atoms with Crippen LogP contribution in [0.15, 0.2) is 40.0 Å². The third-order valence-corrected chi connectivity index (χ3v) is 5.10. The van der Waals surface area contributed by atoms with Gasteiger partial charge in [-0.05, 0) is 32.0 Å². The molecule has 0 saturated heterocycles. The van der Waals surface area contributed by atoms with Gasteiger partial charge in [-0.2, -0.15) is 13.2 Å². The molecule has 0 atom stereocenters. The lowest BCUT2D eigenvalue weighted by molar-refractivity contribution is -0.141. The SMILES string of the molecule is COc1ccccc1-c1nnc(SCC(=O)c2cc(C)n(CC(F)(F)F)c2C)o1. The monoisotopic (exact) mass is 425 g/mol. The molecule has 3 aromatic rings. The second-order valence-corrected chi connectivity index (χ2v) is 7.20. The van der Waals surface area contributed by atoms with Crippen LogP contribution in [0.5, 0.6) is 5.75 Å². The van der Waals surface area contributed by atoms with Crippen molar-refractivity contribution >= 4 is 17.5 Å². The van der Waals surface area contributed by atoms with Crippen molar-refractivity contribution in [2.45, 2.75) is 31.8 Å². The predicted molar refractivity (Wildman–Crippen MR) is 101 cm³/mol. The highest BCUT2D eigenvalue weighted by Crippen LogP contribution is 2.31. The maximum absolute atomic E-state index is 12.7. The Morgan fingerprint density at radius 3 is 2.66 bits per heavy atom. The van der Waals surface area contributed by atoms with E-state index >= 15 is 0 Å². The van der Waals surface area contributed by atoms with Crippen LogP contribution >= 0.6 is 11.8 Å². The molecule has 0 aliphatic carbocycles. The van der Waals surface area contributed by atoms with Crippen LogP contribution in [0.3, 0.4) is 0 Å². The number of benzene rings is 1. The molecule has 0 N–H and O–H groups in total. The summed E-state index contributed by atoms with van der Waals surface area (Å²) in [5.41, 5.74) is 1.54. The first-order valence-electron chi connectivity index (χ1n) is 8.56. The Kier molecular flexibility index (Phi) is 6.02. The van der Waals surface area contributed by atoms with Crippen LogP contribution in [-0.2, 0) is 6.54 Å². The molecule has 0 aliphatic rings. The molecule has 0 bridgehead atoms. The average molecular weight is 425 g/mol. The van der Waals surface area contributed by atoms with Crippen molar-refractivity contribution < 1.29 is 27.1 Å². The molecule has 6 nitrogen and oxygen atoms in total. The summed E-state index contributed by atoms with van der Waals surface area (Å²) in [5, 5.41) is 8.06. The smallest absolute Gasteiger partial charge is 0.406 e. The molecule has 10 heteroatoms. The van der Waals surface area contributed by atoms with E-state index < -0.39 is 12.7 Å². The number of thioether (sulfide) groups is 1. The highest BCUT2D eigenvalue weighted by molar-refractivity contribution is 7.99. The van der Waals surface area contributed by atoms with Crippen molar-refractivity contribution in [1.29, 1.82) is 0 Å². The number of halogens is 3. The summed E-state index contributed by atoms with van der Waals surface area (Å²) in [6.45, 7) is 1.92. The van der Waals surface area contributed by atoms with Gasteiger partial charge in [-0.25, -0.2) is 0 Å². The zero-order chi connectivity index (χ0) is 21.2. The number of para-hydroxylation sites is 1. The normalized spacial score (nSPS) is 11.7. The number of hydrogen-bond donors (Lipinski definition) is 0. The predicted octanol–water partition coefficient (Wildman–Crippen LogP) is 4.70. The summed E-state index contributed by atoms with van der Waals surface area (Å²) in [6.07, 6.45) is -4.36. The number of Topliss-reactive ketones (excluding diaryl/α,β-unsaturated/α-hetero) is 1. The van der Waals surface area contributed by atoms with E-state index in [0.717, 1.165) is 16.3 Å². The van der Waals surface area contributed by atoms with Crippen molar-refractivity contribution in [2.75, 3.05) is 12.9 Å². The molecule has 0 unspecified atom stereocenters. The van der Waals surface area contributed by atoms with E-state index in [9.17, 15) is 18.0 Å². The van der Waals surface area contributed by atoms with E-state index in [1.807, 2.05) is 6.07 Å². The second kappa shape index (κ2) is 8.32. The van der Waals surface area contributed by atoms with Crippen LogP contribution < -0.4 is 4.74 Å². The highest BCUT2D eigenvalue weighted by Gasteiger charge is 2.30. The van der Waals surface area contributed by atoms with E-state index in [0.29, 0.717) is 17.0 Å². The van der Waals surface area contributed by atoms with Gasteiger partial charge < -0.3 is 13.7 Å². The molecular formula is C19H18F3N3O3S. The lowest BCUT2D eigenvalue weighted by Crippen LogP contribution is -2.19. The second-order valence-electron chi connectivity index (χ2n) is 6.27. The topological polar surface area (TPSA) is 70.2 Å². The van der Waals surface area contributed by atoms with E-state index in [1.54, 1.807) is 25.1 Å². The number of ether oxygens (including phenoxy) is 1. The number of carbonyl (C=O) groups is 1. The molecule has 2 heterocycles. The fourth-order valence-electron chi connectivity index (χ4n) is 2.91. The Bertz CT molecular complexity index is 1030.